The number of fused-ring (bicyclic) bond motifs is 1. The summed E-state index contributed by atoms with van der Waals surface area (Å²) in [4.78, 5) is 21.8. The summed E-state index contributed by atoms with van der Waals surface area (Å²) in [6, 6.07) is 6.11. The first-order chi connectivity index (χ1) is 14.2. The summed E-state index contributed by atoms with van der Waals surface area (Å²) in [6.07, 6.45) is 1.14. The first-order valence-corrected chi connectivity index (χ1v) is 11.2. The number of thiazole rings is 1. The zero-order valence-corrected chi connectivity index (χ0v) is 18.5. The smallest absolute Gasteiger partial charge is 0.410 e. The zero-order chi connectivity index (χ0) is 21.5. The molecule has 1 saturated heterocycles. The van der Waals surface area contributed by atoms with Gasteiger partial charge in [-0.25, -0.2) is 9.78 Å². The number of benzene rings is 1. The highest BCUT2D eigenvalue weighted by molar-refractivity contribution is 7.15. The Kier molecular flexibility index (Phi) is 5.74. The van der Waals surface area contributed by atoms with Gasteiger partial charge in [0.1, 0.15) is 16.7 Å². The minimum atomic E-state index is -0.797. The van der Waals surface area contributed by atoms with Crippen molar-refractivity contribution in [2.75, 3.05) is 24.5 Å². The largest absolute Gasteiger partial charge is 0.444 e. The Balaban J connectivity index is 1.59. The first kappa shape index (κ1) is 21.1. The minimum absolute atomic E-state index is 0.0755. The fraction of sp³-hybridized carbons (Fsp3) is 0.545. The lowest BCUT2D eigenvalue weighted by Crippen LogP contribution is -2.41. The van der Waals surface area contributed by atoms with Gasteiger partial charge in [-0.3, -0.25) is 4.90 Å². The average molecular weight is 432 g/mol. The molecule has 1 unspecified atom stereocenters. The minimum Gasteiger partial charge on any atom is -0.444 e. The van der Waals surface area contributed by atoms with E-state index in [0.29, 0.717) is 12.2 Å². The highest BCUT2D eigenvalue weighted by atomic mass is 32.1. The zero-order valence-electron chi connectivity index (χ0n) is 17.7. The van der Waals surface area contributed by atoms with E-state index < -0.39 is 17.8 Å². The number of aliphatic hydroxyl groups excluding tert-OH is 2. The second kappa shape index (κ2) is 8.17. The van der Waals surface area contributed by atoms with Gasteiger partial charge in [0.2, 0.25) is 0 Å². The molecule has 0 saturated carbocycles. The van der Waals surface area contributed by atoms with Crippen LogP contribution < -0.4 is 4.90 Å². The molecular formula is C22H29N3O4S. The maximum Gasteiger partial charge on any atom is 0.410 e. The number of amides is 1. The number of carbonyl (C=O) groups excluding carboxylic acids is 1. The molecule has 1 amide bonds. The van der Waals surface area contributed by atoms with E-state index in [1.807, 2.05) is 32.9 Å². The Morgan fingerprint density at radius 3 is 2.70 bits per heavy atom. The van der Waals surface area contributed by atoms with E-state index in [0.717, 1.165) is 39.8 Å². The molecular weight excluding hydrogens is 402 g/mol. The first-order valence-electron chi connectivity index (χ1n) is 10.4. The van der Waals surface area contributed by atoms with Gasteiger partial charge in [0.05, 0.1) is 30.3 Å². The third-order valence-electron chi connectivity index (χ3n) is 5.38. The van der Waals surface area contributed by atoms with E-state index in [4.69, 9.17) is 9.72 Å². The summed E-state index contributed by atoms with van der Waals surface area (Å²) in [5, 5.41) is 21.3. The predicted octanol–water partition coefficient (Wildman–Crippen LogP) is 3.69. The third kappa shape index (κ3) is 4.31. The van der Waals surface area contributed by atoms with Gasteiger partial charge in [-0.05, 0) is 57.4 Å². The standard InChI is InChI=1S/C22H29N3O4S/c1-22(2,3)29-21(28)25-11-17-19(18(27)12-25)30-20(23-17)16-7-6-15(10-14(16)13-26)24-8-4-5-9-24/h6-7,10,18,26-27H,4-5,8-9,11-13H2,1-3H3. The molecule has 7 nitrogen and oxygen atoms in total. The Morgan fingerprint density at radius 1 is 1.30 bits per heavy atom. The van der Waals surface area contributed by atoms with Crippen LogP contribution >= 0.6 is 11.3 Å². The molecule has 3 heterocycles. The van der Waals surface area contributed by atoms with E-state index in [1.54, 1.807) is 0 Å². The maximum absolute atomic E-state index is 12.4. The molecule has 1 aromatic carbocycles. The van der Waals surface area contributed by atoms with E-state index >= 15 is 0 Å². The number of anilines is 1. The van der Waals surface area contributed by atoms with E-state index in [2.05, 4.69) is 11.0 Å². The third-order valence-corrected chi connectivity index (χ3v) is 6.61. The summed E-state index contributed by atoms with van der Waals surface area (Å²) < 4.78 is 5.44. The van der Waals surface area contributed by atoms with Crippen molar-refractivity contribution in [3.05, 3.63) is 34.3 Å². The van der Waals surface area contributed by atoms with Crippen molar-refractivity contribution in [2.45, 2.75) is 58.5 Å². The second-order valence-corrected chi connectivity index (χ2v) is 9.93. The van der Waals surface area contributed by atoms with E-state index in [9.17, 15) is 15.0 Å². The lowest BCUT2D eigenvalue weighted by molar-refractivity contribution is 0.00845. The molecule has 2 N–H and O–H groups in total. The van der Waals surface area contributed by atoms with Gasteiger partial charge in [-0.1, -0.05) is 0 Å². The van der Waals surface area contributed by atoms with Crippen LogP contribution in [0.5, 0.6) is 0 Å². The molecule has 0 radical (unpaired) electrons. The second-order valence-electron chi connectivity index (χ2n) is 8.90. The molecule has 2 aliphatic heterocycles. The number of rotatable bonds is 3. The van der Waals surface area contributed by atoms with Gasteiger partial charge in [-0.2, -0.15) is 0 Å². The van der Waals surface area contributed by atoms with Gasteiger partial charge >= 0.3 is 6.09 Å². The Labute approximate surface area is 180 Å². The van der Waals surface area contributed by atoms with Gasteiger partial charge in [0, 0.05) is 24.3 Å². The number of nitrogens with zero attached hydrogens (tertiary/aromatic N) is 3. The normalized spacial score (nSPS) is 19.2. The molecule has 4 rings (SSSR count). The van der Waals surface area contributed by atoms with Crippen molar-refractivity contribution in [3.63, 3.8) is 0 Å². The summed E-state index contributed by atoms with van der Waals surface area (Å²) in [7, 11) is 0. The van der Waals surface area contributed by atoms with Crippen LogP contribution in [0.25, 0.3) is 10.6 Å². The van der Waals surface area contributed by atoms with Crippen LogP contribution in [0.3, 0.4) is 0 Å². The molecule has 162 valence electrons. The summed E-state index contributed by atoms with van der Waals surface area (Å²) in [6.45, 7) is 7.96. The molecule has 1 fully saturated rings. The van der Waals surface area contributed by atoms with Crippen molar-refractivity contribution >= 4 is 23.1 Å². The SMILES string of the molecule is CC(C)(C)OC(=O)N1Cc2nc(-c3ccc(N4CCCC4)cc3CO)sc2C(O)C1. The summed E-state index contributed by atoms with van der Waals surface area (Å²) in [5.41, 5.74) is 2.91. The maximum atomic E-state index is 12.4. The van der Waals surface area contributed by atoms with Gasteiger partial charge < -0.3 is 19.8 Å². The van der Waals surface area contributed by atoms with Crippen molar-refractivity contribution in [3.8, 4) is 10.6 Å². The molecule has 0 bridgehead atoms. The number of aromatic nitrogens is 1. The summed E-state index contributed by atoms with van der Waals surface area (Å²) >= 11 is 1.43. The molecule has 1 atom stereocenters. The van der Waals surface area contributed by atoms with Crippen LogP contribution in [0.15, 0.2) is 18.2 Å². The van der Waals surface area contributed by atoms with Crippen LogP contribution in [0.2, 0.25) is 0 Å². The van der Waals surface area contributed by atoms with Crippen LogP contribution in [0, 0.1) is 0 Å². The fourth-order valence-corrected chi connectivity index (χ4v) is 5.06. The van der Waals surface area contributed by atoms with Crippen molar-refractivity contribution in [1.29, 1.82) is 0 Å². The van der Waals surface area contributed by atoms with Crippen LogP contribution in [0.1, 0.15) is 55.9 Å². The van der Waals surface area contributed by atoms with Crippen molar-refractivity contribution in [1.82, 2.24) is 9.88 Å². The Morgan fingerprint density at radius 2 is 2.03 bits per heavy atom. The molecule has 8 heteroatoms. The van der Waals surface area contributed by atoms with Crippen molar-refractivity contribution < 1.29 is 19.7 Å². The quantitative estimate of drug-likeness (QED) is 0.771. The molecule has 30 heavy (non-hydrogen) atoms. The molecule has 0 aliphatic carbocycles. The highest BCUT2D eigenvalue weighted by Gasteiger charge is 2.33. The van der Waals surface area contributed by atoms with Crippen molar-refractivity contribution in [2.24, 2.45) is 0 Å². The number of carbonyl (C=O) groups is 1. The summed E-state index contributed by atoms with van der Waals surface area (Å²) in [5.74, 6) is 0. The number of hydrogen-bond donors (Lipinski definition) is 2. The topological polar surface area (TPSA) is 86.1 Å². The molecule has 0 spiro atoms. The van der Waals surface area contributed by atoms with Gasteiger partial charge in [0.25, 0.3) is 0 Å². The Bertz CT molecular complexity index is 931. The highest BCUT2D eigenvalue weighted by Crippen LogP contribution is 2.38. The predicted molar refractivity (Wildman–Crippen MR) is 117 cm³/mol. The number of β-amino-alcohol motifs (C(OH)–C–C–N with tert-alkyl or cyclic N) is 1. The Hall–Kier alpha value is -2.16. The molecule has 2 aliphatic rings. The van der Waals surface area contributed by atoms with E-state index in [1.165, 1.54) is 29.1 Å². The molecule has 1 aromatic heterocycles. The monoisotopic (exact) mass is 431 g/mol. The average Bonchev–Trinajstić information content (AvgIpc) is 3.36. The van der Waals surface area contributed by atoms with Gasteiger partial charge in [0.15, 0.2) is 0 Å². The fourth-order valence-electron chi connectivity index (χ4n) is 3.95. The lowest BCUT2D eigenvalue weighted by atomic mass is 10.1. The van der Waals surface area contributed by atoms with Gasteiger partial charge in [-0.15, -0.1) is 11.3 Å². The van der Waals surface area contributed by atoms with Crippen LogP contribution in [0.4, 0.5) is 10.5 Å². The van der Waals surface area contributed by atoms with Crippen LogP contribution in [-0.2, 0) is 17.9 Å². The number of hydrogen-bond acceptors (Lipinski definition) is 7. The van der Waals surface area contributed by atoms with E-state index in [-0.39, 0.29) is 13.2 Å². The lowest BCUT2D eigenvalue weighted by Gasteiger charge is -2.31. The number of aliphatic hydroxyl groups is 2. The van der Waals surface area contributed by atoms with Crippen LogP contribution in [-0.4, -0.2) is 51.4 Å². The molecule has 2 aromatic rings. The number of ether oxygens (including phenoxy) is 1.